The van der Waals surface area contributed by atoms with Gasteiger partial charge in [0.2, 0.25) is 0 Å². The summed E-state index contributed by atoms with van der Waals surface area (Å²) in [5, 5.41) is 12.2. The van der Waals surface area contributed by atoms with E-state index in [1.807, 2.05) is 18.2 Å². The number of nitrogens with one attached hydrogen (secondary N) is 1. The SMILES string of the molecule is CCC(C)C(C)Nc1ccc(N)c(CC#N)c1. The number of benzene rings is 1. The van der Waals surface area contributed by atoms with Crippen molar-refractivity contribution in [2.24, 2.45) is 5.92 Å². The molecule has 3 nitrogen and oxygen atoms in total. The maximum atomic E-state index is 8.72. The van der Waals surface area contributed by atoms with Crippen LogP contribution in [0, 0.1) is 17.2 Å². The summed E-state index contributed by atoms with van der Waals surface area (Å²) in [7, 11) is 0. The minimum Gasteiger partial charge on any atom is -0.398 e. The van der Waals surface area contributed by atoms with Crippen LogP contribution in [0.25, 0.3) is 0 Å². The predicted octanol–water partition coefficient (Wildman–Crippen LogP) is 3.18. The van der Waals surface area contributed by atoms with Gasteiger partial charge in [0.1, 0.15) is 0 Å². The van der Waals surface area contributed by atoms with Crippen LogP contribution in [0.2, 0.25) is 0 Å². The van der Waals surface area contributed by atoms with E-state index < -0.39 is 0 Å². The highest BCUT2D eigenvalue weighted by Crippen LogP contribution is 2.20. The fraction of sp³-hybridized carbons (Fsp3) is 0.500. The van der Waals surface area contributed by atoms with E-state index in [0.29, 0.717) is 24.1 Å². The van der Waals surface area contributed by atoms with Gasteiger partial charge in [0.15, 0.2) is 0 Å². The van der Waals surface area contributed by atoms with Crippen LogP contribution in [-0.4, -0.2) is 6.04 Å². The minimum atomic E-state index is 0.360. The monoisotopic (exact) mass is 231 g/mol. The van der Waals surface area contributed by atoms with E-state index in [1.165, 1.54) is 0 Å². The van der Waals surface area contributed by atoms with E-state index in [4.69, 9.17) is 11.0 Å². The molecule has 0 aromatic heterocycles. The Kier molecular flexibility index (Phi) is 4.84. The fourth-order valence-corrected chi connectivity index (χ4v) is 1.69. The average molecular weight is 231 g/mol. The minimum absolute atomic E-state index is 0.360. The summed E-state index contributed by atoms with van der Waals surface area (Å²) in [5.74, 6) is 0.618. The first-order valence-corrected chi connectivity index (χ1v) is 6.10. The van der Waals surface area contributed by atoms with Gasteiger partial charge in [0.05, 0.1) is 12.5 Å². The number of nitrogens with two attached hydrogens (primary N) is 1. The number of rotatable bonds is 5. The van der Waals surface area contributed by atoms with Gasteiger partial charge in [0, 0.05) is 17.4 Å². The quantitative estimate of drug-likeness (QED) is 0.765. The van der Waals surface area contributed by atoms with Crippen LogP contribution < -0.4 is 11.1 Å². The molecule has 2 atom stereocenters. The van der Waals surface area contributed by atoms with Gasteiger partial charge < -0.3 is 11.1 Å². The van der Waals surface area contributed by atoms with Crippen LogP contribution in [0.4, 0.5) is 11.4 Å². The van der Waals surface area contributed by atoms with Crippen molar-refractivity contribution in [2.75, 3.05) is 11.1 Å². The molecule has 0 saturated carbocycles. The molecule has 0 heterocycles. The van der Waals surface area contributed by atoms with Crippen molar-refractivity contribution in [3.05, 3.63) is 23.8 Å². The molecule has 0 aliphatic rings. The smallest absolute Gasteiger partial charge is 0.0670 e. The Hall–Kier alpha value is -1.69. The molecular weight excluding hydrogens is 210 g/mol. The molecule has 17 heavy (non-hydrogen) atoms. The van der Waals surface area contributed by atoms with Crippen LogP contribution in [0.5, 0.6) is 0 Å². The second kappa shape index (κ2) is 6.15. The molecule has 3 N–H and O–H groups in total. The van der Waals surface area contributed by atoms with Crippen LogP contribution in [0.1, 0.15) is 32.8 Å². The van der Waals surface area contributed by atoms with Crippen LogP contribution in [0.15, 0.2) is 18.2 Å². The number of nitrogen functional groups attached to an aromatic ring is 1. The number of hydrogen-bond donors (Lipinski definition) is 2. The molecule has 92 valence electrons. The fourth-order valence-electron chi connectivity index (χ4n) is 1.69. The molecule has 1 aromatic carbocycles. The number of nitriles is 1. The van der Waals surface area contributed by atoms with E-state index in [1.54, 1.807) is 0 Å². The molecular formula is C14H21N3. The van der Waals surface area contributed by atoms with Crippen molar-refractivity contribution < 1.29 is 0 Å². The van der Waals surface area contributed by atoms with Crippen LogP contribution in [0.3, 0.4) is 0 Å². The zero-order valence-corrected chi connectivity index (χ0v) is 10.8. The molecule has 0 aliphatic carbocycles. The topological polar surface area (TPSA) is 61.8 Å². The molecule has 0 aliphatic heterocycles. The van der Waals surface area contributed by atoms with Crippen molar-refractivity contribution >= 4 is 11.4 Å². The first-order chi connectivity index (χ1) is 8.08. The number of anilines is 2. The molecule has 0 amide bonds. The second-order valence-corrected chi connectivity index (χ2v) is 4.57. The first kappa shape index (κ1) is 13.4. The second-order valence-electron chi connectivity index (χ2n) is 4.57. The lowest BCUT2D eigenvalue weighted by Gasteiger charge is -2.21. The van der Waals surface area contributed by atoms with Crippen LogP contribution >= 0.6 is 0 Å². The largest absolute Gasteiger partial charge is 0.398 e. The first-order valence-electron chi connectivity index (χ1n) is 6.10. The van der Waals surface area contributed by atoms with Gasteiger partial charge in [-0.25, -0.2) is 0 Å². The van der Waals surface area contributed by atoms with Gasteiger partial charge in [-0.3, -0.25) is 0 Å². The Bertz CT molecular complexity index is 406. The molecule has 1 aromatic rings. The Balaban J connectivity index is 2.79. The predicted molar refractivity (Wildman–Crippen MR) is 72.7 cm³/mol. The van der Waals surface area contributed by atoms with Gasteiger partial charge >= 0.3 is 0 Å². The molecule has 1 rings (SSSR count). The number of hydrogen-bond acceptors (Lipinski definition) is 3. The lowest BCUT2D eigenvalue weighted by molar-refractivity contribution is 0.494. The third-order valence-electron chi connectivity index (χ3n) is 3.30. The van der Waals surface area contributed by atoms with Crippen molar-refractivity contribution in [1.29, 1.82) is 5.26 Å². The molecule has 0 fully saturated rings. The van der Waals surface area contributed by atoms with Crippen molar-refractivity contribution in [3.8, 4) is 6.07 Å². The van der Waals surface area contributed by atoms with E-state index in [9.17, 15) is 0 Å². The van der Waals surface area contributed by atoms with Gasteiger partial charge in [-0.1, -0.05) is 20.3 Å². The highest BCUT2D eigenvalue weighted by Gasteiger charge is 2.10. The lowest BCUT2D eigenvalue weighted by atomic mass is 10.0. The van der Waals surface area contributed by atoms with E-state index >= 15 is 0 Å². The number of nitrogens with zero attached hydrogens (tertiary/aromatic N) is 1. The molecule has 3 heteroatoms. The van der Waals surface area contributed by atoms with E-state index in [-0.39, 0.29) is 0 Å². The van der Waals surface area contributed by atoms with Crippen molar-refractivity contribution in [2.45, 2.75) is 39.7 Å². The summed E-state index contributed by atoms with van der Waals surface area (Å²) in [6.45, 7) is 6.59. The molecule has 2 unspecified atom stereocenters. The lowest BCUT2D eigenvalue weighted by Crippen LogP contribution is -2.23. The maximum absolute atomic E-state index is 8.72. The Morgan fingerprint density at radius 2 is 2.12 bits per heavy atom. The van der Waals surface area contributed by atoms with E-state index in [0.717, 1.165) is 17.7 Å². The Labute approximate surface area is 104 Å². The highest BCUT2D eigenvalue weighted by molar-refractivity contribution is 5.58. The zero-order chi connectivity index (χ0) is 12.8. The highest BCUT2D eigenvalue weighted by atomic mass is 14.9. The summed E-state index contributed by atoms with van der Waals surface area (Å²) < 4.78 is 0. The van der Waals surface area contributed by atoms with E-state index in [2.05, 4.69) is 32.2 Å². The maximum Gasteiger partial charge on any atom is 0.0670 e. The summed E-state index contributed by atoms with van der Waals surface area (Å²) in [4.78, 5) is 0. The molecule has 0 bridgehead atoms. The normalized spacial score (nSPS) is 13.8. The summed E-state index contributed by atoms with van der Waals surface area (Å²) in [6.07, 6.45) is 1.51. The standard InChI is InChI=1S/C14H21N3/c1-4-10(2)11(3)17-13-5-6-14(16)12(9-13)7-8-15/h5-6,9-11,17H,4,7,16H2,1-3H3. The van der Waals surface area contributed by atoms with Gasteiger partial charge in [-0.15, -0.1) is 0 Å². The van der Waals surface area contributed by atoms with Gasteiger partial charge in [-0.05, 0) is 36.6 Å². The Morgan fingerprint density at radius 1 is 1.41 bits per heavy atom. The van der Waals surface area contributed by atoms with Gasteiger partial charge in [-0.2, -0.15) is 5.26 Å². The third kappa shape index (κ3) is 3.67. The van der Waals surface area contributed by atoms with Crippen molar-refractivity contribution in [1.82, 2.24) is 0 Å². The Morgan fingerprint density at radius 3 is 2.71 bits per heavy atom. The summed E-state index contributed by atoms with van der Waals surface area (Å²) in [6, 6.07) is 8.34. The third-order valence-corrected chi connectivity index (χ3v) is 3.30. The molecule has 0 radical (unpaired) electrons. The zero-order valence-electron chi connectivity index (χ0n) is 10.8. The van der Waals surface area contributed by atoms with Crippen molar-refractivity contribution in [3.63, 3.8) is 0 Å². The van der Waals surface area contributed by atoms with Crippen LogP contribution in [-0.2, 0) is 6.42 Å². The van der Waals surface area contributed by atoms with Gasteiger partial charge in [0.25, 0.3) is 0 Å². The molecule has 0 spiro atoms. The summed E-state index contributed by atoms with van der Waals surface area (Å²) in [5.41, 5.74) is 8.44. The molecule has 0 saturated heterocycles. The summed E-state index contributed by atoms with van der Waals surface area (Å²) >= 11 is 0. The average Bonchev–Trinajstić information content (AvgIpc) is 2.32.